The van der Waals surface area contributed by atoms with Gasteiger partial charge in [-0.15, -0.1) is 0 Å². The number of hydrogen-bond acceptors (Lipinski definition) is 5. The molecule has 2 fully saturated rings. The minimum atomic E-state index is -0.786. The maximum Gasteiger partial charge on any atom is 0.219 e. The fraction of sp³-hybridized carbons (Fsp3) is 0.625. The van der Waals surface area contributed by atoms with Crippen LogP contribution in [0, 0.1) is 11.7 Å². The molecule has 0 aliphatic carbocycles. The summed E-state index contributed by atoms with van der Waals surface area (Å²) in [5.41, 5.74) is 0.0217. The van der Waals surface area contributed by atoms with Gasteiger partial charge in [0.2, 0.25) is 5.91 Å². The minimum absolute atomic E-state index is 0.00170. The second-order valence-corrected chi connectivity index (χ2v) is 6.50. The van der Waals surface area contributed by atoms with Crippen molar-refractivity contribution < 1.29 is 19.4 Å². The third kappa shape index (κ3) is 3.03. The van der Waals surface area contributed by atoms with Crippen LogP contribution in [0.2, 0.25) is 0 Å². The molecule has 0 aromatic carbocycles. The predicted octanol–water partition coefficient (Wildman–Crippen LogP) is 0.523. The van der Waals surface area contributed by atoms with Crippen LogP contribution in [0.5, 0.6) is 0 Å². The molecule has 0 unspecified atom stereocenters. The quantitative estimate of drug-likeness (QED) is 0.830. The molecule has 1 amide bonds. The van der Waals surface area contributed by atoms with Crippen LogP contribution in [-0.4, -0.2) is 57.8 Å². The van der Waals surface area contributed by atoms with Crippen LogP contribution < -0.4 is 4.90 Å². The van der Waals surface area contributed by atoms with E-state index in [2.05, 4.69) is 4.98 Å². The number of nitrogens with zero attached hydrogens (tertiary/aromatic N) is 3. The van der Waals surface area contributed by atoms with Gasteiger partial charge in [0.05, 0.1) is 29.8 Å². The van der Waals surface area contributed by atoms with Gasteiger partial charge in [-0.25, -0.2) is 4.39 Å². The van der Waals surface area contributed by atoms with Gasteiger partial charge in [0.25, 0.3) is 0 Å². The molecule has 1 aromatic heterocycles. The van der Waals surface area contributed by atoms with Gasteiger partial charge < -0.3 is 20.0 Å². The number of carbonyl (C=O) groups excluding carboxylic acids is 1. The van der Waals surface area contributed by atoms with E-state index in [4.69, 9.17) is 0 Å². The zero-order chi connectivity index (χ0) is 16.6. The first-order valence-corrected chi connectivity index (χ1v) is 7.91. The summed E-state index contributed by atoms with van der Waals surface area (Å²) >= 11 is 0. The normalized spacial score (nSPS) is 27.7. The molecule has 2 N–H and O–H groups in total. The lowest BCUT2D eigenvalue weighted by molar-refractivity contribution is -0.139. The van der Waals surface area contributed by atoms with Crippen LogP contribution in [0.1, 0.15) is 25.5 Å². The van der Waals surface area contributed by atoms with Crippen molar-refractivity contribution in [2.24, 2.45) is 5.92 Å². The minimum Gasteiger partial charge on any atom is -0.390 e. The topological polar surface area (TPSA) is 76.9 Å². The van der Waals surface area contributed by atoms with Crippen molar-refractivity contribution in [2.75, 3.05) is 31.1 Å². The highest BCUT2D eigenvalue weighted by Crippen LogP contribution is 2.37. The van der Waals surface area contributed by atoms with E-state index in [9.17, 15) is 19.4 Å². The average molecular weight is 323 g/mol. The Morgan fingerprint density at radius 3 is 2.87 bits per heavy atom. The molecule has 0 saturated carbocycles. The molecule has 7 heteroatoms. The molecule has 2 aliphatic rings. The molecule has 0 bridgehead atoms. The van der Waals surface area contributed by atoms with Crippen LogP contribution in [0.15, 0.2) is 12.3 Å². The highest BCUT2D eigenvalue weighted by Gasteiger charge is 2.45. The Morgan fingerprint density at radius 2 is 2.17 bits per heavy atom. The number of hydrogen-bond donors (Lipinski definition) is 2. The van der Waals surface area contributed by atoms with Gasteiger partial charge in [0.15, 0.2) is 5.82 Å². The summed E-state index contributed by atoms with van der Waals surface area (Å²) < 4.78 is 14.1. The Balaban J connectivity index is 1.81. The summed E-state index contributed by atoms with van der Waals surface area (Å²) in [7, 11) is 0. The molecular formula is C16H22FN3O3. The molecule has 3 heterocycles. The van der Waals surface area contributed by atoms with Crippen molar-refractivity contribution >= 4 is 11.6 Å². The third-order valence-electron chi connectivity index (χ3n) is 5.11. The number of rotatable bonds is 2. The molecule has 6 nitrogen and oxygen atoms in total. The van der Waals surface area contributed by atoms with E-state index in [-0.39, 0.29) is 18.4 Å². The fourth-order valence-corrected chi connectivity index (χ4v) is 3.61. The number of fused-ring (bicyclic) bond motifs is 1. The van der Waals surface area contributed by atoms with E-state index in [1.165, 1.54) is 6.92 Å². The molecule has 23 heavy (non-hydrogen) atoms. The maximum absolute atomic E-state index is 14.1. The second-order valence-electron chi connectivity index (χ2n) is 6.50. The number of pyridine rings is 1. The second kappa shape index (κ2) is 6.05. The summed E-state index contributed by atoms with van der Waals surface area (Å²) in [6, 6.07) is 1.55. The smallest absolute Gasteiger partial charge is 0.219 e. The Labute approximate surface area is 134 Å². The van der Waals surface area contributed by atoms with Crippen molar-refractivity contribution in [1.82, 2.24) is 9.88 Å². The molecule has 2 aliphatic heterocycles. The van der Waals surface area contributed by atoms with Crippen LogP contribution >= 0.6 is 0 Å². The molecule has 3 rings (SSSR count). The lowest BCUT2D eigenvalue weighted by Crippen LogP contribution is -2.60. The fourth-order valence-electron chi connectivity index (χ4n) is 3.61. The largest absolute Gasteiger partial charge is 0.390 e. The van der Waals surface area contributed by atoms with Gasteiger partial charge in [-0.1, -0.05) is 0 Å². The van der Waals surface area contributed by atoms with E-state index in [0.29, 0.717) is 50.4 Å². The van der Waals surface area contributed by atoms with Gasteiger partial charge in [-0.05, 0) is 18.9 Å². The van der Waals surface area contributed by atoms with Crippen molar-refractivity contribution in [3.05, 3.63) is 23.8 Å². The van der Waals surface area contributed by atoms with Gasteiger partial charge >= 0.3 is 0 Å². The molecule has 2 saturated heterocycles. The summed E-state index contributed by atoms with van der Waals surface area (Å²) in [6.45, 7) is 3.36. The van der Waals surface area contributed by atoms with Crippen LogP contribution in [0.25, 0.3) is 0 Å². The first-order valence-electron chi connectivity index (χ1n) is 7.91. The first kappa shape index (κ1) is 16.1. The lowest BCUT2D eigenvalue weighted by atomic mass is 9.75. The summed E-state index contributed by atoms with van der Waals surface area (Å²) in [6.07, 6.45) is 2.22. The van der Waals surface area contributed by atoms with Crippen molar-refractivity contribution in [2.45, 2.75) is 32.0 Å². The molecule has 1 aromatic rings. The summed E-state index contributed by atoms with van der Waals surface area (Å²) in [4.78, 5) is 19.0. The number of likely N-dealkylation sites (tertiary alicyclic amines) is 1. The Morgan fingerprint density at radius 1 is 1.43 bits per heavy atom. The maximum atomic E-state index is 14.1. The number of aromatic nitrogens is 1. The van der Waals surface area contributed by atoms with E-state index >= 15 is 0 Å². The number of aliphatic hydroxyl groups excluding tert-OH is 1. The molecule has 0 spiro atoms. The van der Waals surface area contributed by atoms with Crippen LogP contribution in [0.4, 0.5) is 10.1 Å². The van der Waals surface area contributed by atoms with Crippen molar-refractivity contribution in [3.63, 3.8) is 0 Å². The zero-order valence-electron chi connectivity index (χ0n) is 13.2. The number of piperidine rings is 2. The van der Waals surface area contributed by atoms with E-state index < -0.39 is 11.4 Å². The Kier molecular flexibility index (Phi) is 4.25. The average Bonchev–Trinajstić information content (AvgIpc) is 2.54. The molecule has 2 atom stereocenters. The SMILES string of the molecule is CC(=O)N1CC[C@@]2(O)CCN(c3cc(CO)ncc3F)C[C@H]2C1. The van der Waals surface area contributed by atoms with Gasteiger partial charge in [-0.2, -0.15) is 0 Å². The van der Waals surface area contributed by atoms with Crippen LogP contribution in [0.3, 0.4) is 0 Å². The van der Waals surface area contributed by atoms with Gasteiger partial charge in [0.1, 0.15) is 0 Å². The zero-order valence-corrected chi connectivity index (χ0v) is 13.2. The number of anilines is 1. The van der Waals surface area contributed by atoms with Crippen molar-refractivity contribution in [3.8, 4) is 0 Å². The van der Waals surface area contributed by atoms with E-state index in [0.717, 1.165) is 6.20 Å². The number of amides is 1. The molecule has 0 radical (unpaired) electrons. The first-order chi connectivity index (χ1) is 10.9. The molecular weight excluding hydrogens is 301 g/mol. The number of halogens is 1. The standard InChI is InChI=1S/C16H22FN3O3/c1-11(22)19-4-2-16(23)3-5-20(9-12(16)8-19)15-6-13(10-21)18-7-14(15)17/h6-7,12,21,23H,2-5,8-10H2,1H3/t12-,16-/m1/s1. The Hall–Kier alpha value is -1.73. The van der Waals surface area contributed by atoms with Crippen LogP contribution in [-0.2, 0) is 11.4 Å². The van der Waals surface area contributed by atoms with Crippen molar-refractivity contribution in [1.29, 1.82) is 0 Å². The summed E-state index contributed by atoms with van der Waals surface area (Å²) in [5, 5.41) is 20.0. The summed E-state index contributed by atoms with van der Waals surface area (Å²) in [5.74, 6) is -0.548. The molecule has 126 valence electrons. The Bertz CT molecular complexity index is 612. The highest BCUT2D eigenvalue weighted by atomic mass is 19.1. The third-order valence-corrected chi connectivity index (χ3v) is 5.11. The lowest BCUT2D eigenvalue weighted by Gasteiger charge is -2.50. The monoisotopic (exact) mass is 323 g/mol. The van der Waals surface area contributed by atoms with Gasteiger partial charge in [-0.3, -0.25) is 9.78 Å². The predicted molar refractivity (Wildman–Crippen MR) is 82.3 cm³/mol. The number of aliphatic hydroxyl groups is 2. The van der Waals surface area contributed by atoms with E-state index in [1.54, 1.807) is 11.0 Å². The van der Waals surface area contributed by atoms with Gasteiger partial charge in [0, 0.05) is 39.0 Å². The highest BCUT2D eigenvalue weighted by molar-refractivity contribution is 5.73. The number of carbonyl (C=O) groups is 1. The van der Waals surface area contributed by atoms with E-state index in [1.807, 2.05) is 4.90 Å².